The lowest BCUT2D eigenvalue weighted by atomic mass is 9.98. The molecule has 3 heteroatoms. The highest BCUT2D eigenvalue weighted by molar-refractivity contribution is 8.00. The van der Waals surface area contributed by atoms with E-state index in [4.69, 9.17) is 0 Å². The first-order valence-corrected chi connectivity index (χ1v) is 9.37. The van der Waals surface area contributed by atoms with Gasteiger partial charge in [0.2, 0.25) is 0 Å². The van der Waals surface area contributed by atoms with Gasteiger partial charge in [0, 0.05) is 17.3 Å². The third-order valence-electron chi connectivity index (χ3n) is 4.51. The molecule has 0 aliphatic heterocycles. The first-order chi connectivity index (χ1) is 10.1. The quantitative estimate of drug-likeness (QED) is 0.606. The maximum absolute atomic E-state index is 13.1. The van der Waals surface area contributed by atoms with E-state index < -0.39 is 0 Å². The smallest absolute Gasteiger partial charge is 0.123 e. The molecule has 0 saturated carbocycles. The van der Waals surface area contributed by atoms with Crippen LogP contribution in [0.2, 0.25) is 0 Å². The topological polar surface area (TPSA) is 12.0 Å². The van der Waals surface area contributed by atoms with Crippen LogP contribution >= 0.6 is 11.8 Å². The van der Waals surface area contributed by atoms with Crippen LogP contribution in [0.25, 0.3) is 0 Å². The fourth-order valence-corrected chi connectivity index (χ4v) is 3.46. The maximum Gasteiger partial charge on any atom is 0.123 e. The molecule has 0 aromatic heterocycles. The van der Waals surface area contributed by atoms with Crippen LogP contribution in [0, 0.1) is 5.82 Å². The molecule has 1 rings (SSSR count). The summed E-state index contributed by atoms with van der Waals surface area (Å²) in [4.78, 5) is 0. The van der Waals surface area contributed by atoms with E-state index in [1.165, 1.54) is 31.2 Å². The van der Waals surface area contributed by atoms with E-state index in [2.05, 4.69) is 32.3 Å². The van der Waals surface area contributed by atoms with Crippen LogP contribution in [0.4, 0.5) is 4.39 Å². The molecule has 0 bridgehead atoms. The second kappa shape index (κ2) is 9.47. The molecule has 0 spiro atoms. The van der Waals surface area contributed by atoms with Crippen molar-refractivity contribution in [2.75, 3.05) is 12.8 Å². The van der Waals surface area contributed by atoms with E-state index >= 15 is 0 Å². The molecule has 21 heavy (non-hydrogen) atoms. The van der Waals surface area contributed by atoms with Crippen LogP contribution in [0.1, 0.15) is 64.5 Å². The highest BCUT2D eigenvalue weighted by atomic mass is 32.2. The standard InChI is InChI=1S/C18H30FNS/c1-5-8-9-17(15-10-12-16(19)13-11-15)20-14-18(6-2,7-3)21-4/h10-13,17,20H,5-9,14H2,1-4H3. The van der Waals surface area contributed by atoms with E-state index in [9.17, 15) is 4.39 Å². The van der Waals surface area contributed by atoms with Crippen LogP contribution in [0.15, 0.2) is 24.3 Å². The number of nitrogens with one attached hydrogen (secondary N) is 1. The summed E-state index contributed by atoms with van der Waals surface area (Å²) in [5, 5.41) is 3.74. The van der Waals surface area contributed by atoms with E-state index in [-0.39, 0.29) is 5.82 Å². The fourth-order valence-electron chi connectivity index (χ4n) is 2.66. The van der Waals surface area contributed by atoms with Crippen molar-refractivity contribution < 1.29 is 4.39 Å². The predicted octanol–water partition coefficient (Wildman–Crippen LogP) is 5.57. The molecule has 1 atom stereocenters. The van der Waals surface area contributed by atoms with Gasteiger partial charge in [-0.05, 0) is 43.2 Å². The molecule has 0 amide bonds. The van der Waals surface area contributed by atoms with Gasteiger partial charge in [-0.3, -0.25) is 0 Å². The Labute approximate surface area is 134 Å². The minimum absolute atomic E-state index is 0.159. The van der Waals surface area contributed by atoms with Crippen molar-refractivity contribution in [2.45, 2.75) is 63.7 Å². The summed E-state index contributed by atoms with van der Waals surface area (Å²) in [6.07, 6.45) is 8.03. The highest BCUT2D eigenvalue weighted by Crippen LogP contribution is 2.31. The first kappa shape index (κ1) is 18.5. The van der Waals surface area contributed by atoms with Crippen LogP contribution in [-0.2, 0) is 0 Å². The number of unbranched alkanes of at least 4 members (excludes halogenated alkanes) is 1. The van der Waals surface area contributed by atoms with E-state index in [0.717, 1.165) is 13.0 Å². The third kappa shape index (κ3) is 5.63. The number of benzene rings is 1. The van der Waals surface area contributed by atoms with Gasteiger partial charge in [-0.2, -0.15) is 11.8 Å². The summed E-state index contributed by atoms with van der Waals surface area (Å²) >= 11 is 1.96. The first-order valence-electron chi connectivity index (χ1n) is 8.14. The van der Waals surface area contributed by atoms with Gasteiger partial charge < -0.3 is 5.32 Å². The minimum atomic E-state index is -0.159. The normalized spacial score (nSPS) is 13.4. The molecule has 0 radical (unpaired) electrons. The van der Waals surface area contributed by atoms with Crippen LogP contribution in [0.5, 0.6) is 0 Å². The van der Waals surface area contributed by atoms with Gasteiger partial charge >= 0.3 is 0 Å². The van der Waals surface area contributed by atoms with Gasteiger partial charge in [-0.15, -0.1) is 0 Å². The monoisotopic (exact) mass is 311 g/mol. The van der Waals surface area contributed by atoms with E-state index in [1.807, 2.05) is 23.9 Å². The van der Waals surface area contributed by atoms with Gasteiger partial charge in [-0.25, -0.2) is 4.39 Å². The number of rotatable bonds is 10. The van der Waals surface area contributed by atoms with Crippen molar-refractivity contribution in [3.63, 3.8) is 0 Å². The van der Waals surface area contributed by atoms with E-state index in [0.29, 0.717) is 10.8 Å². The molecule has 120 valence electrons. The zero-order valence-electron chi connectivity index (χ0n) is 13.9. The van der Waals surface area contributed by atoms with Gasteiger partial charge in [0.25, 0.3) is 0 Å². The lowest BCUT2D eigenvalue weighted by Crippen LogP contribution is -2.38. The summed E-state index contributed by atoms with van der Waals surface area (Å²) in [6.45, 7) is 7.75. The average Bonchev–Trinajstić information content (AvgIpc) is 2.53. The number of halogens is 1. The Bertz CT molecular complexity index is 378. The van der Waals surface area contributed by atoms with Gasteiger partial charge in [0.1, 0.15) is 5.82 Å². The van der Waals surface area contributed by atoms with Gasteiger partial charge in [0.15, 0.2) is 0 Å². The van der Waals surface area contributed by atoms with Crippen molar-refractivity contribution in [3.05, 3.63) is 35.6 Å². The van der Waals surface area contributed by atoms with Crippen LogP contribution < -0.4 is 5.32 Å². The molecule has 0 aliphatic rings. The Morgan fingerprint density at radius 1 is 1.14 bits per heavy atom. The third-order valence-corrected chi connectivity index (χ3v) is 6.10. The summed E-state index contributed by atoms with van der Waals surface area (Å²) in [7, 11) is 0. The molecular formula is C18H30FNS. The molecule has 1 nitrogen and oxygen atoms in total. The van der Waals surface area contributed by atoms with Crippen molar-refractivity contribution in [3.8, 4) is 0 Å². The van der Waals surface area contributed by atoms with E-state index in [1.54, 1.807) is 12.1 Å². The molecule has 0 saturated heterocycles. The predicted molar refractivity (Wildman–Crippen MR) is 93.5 cm³/mol. The van der Waals surface area contributed by atoms with Crippen molar-refractivity contribution in [2.24, 2.45) is 0 Å². The van der Waals surface area contributed by atoms with Crippen LogP contribution in [0.3, 0.4) is 0 Å². The molecular weight excluding hydrogens is 281 g/mol. The summed E-state index contributed by atoms with van der Waals surface area (Å²) in [5.41, 5.74) is 1.20. The highest BCUT2D eigenvalue weighted by Gasteiger charge is 2.26. The lowest BCUT2D eigenvalue weighted by Gasteiger charge is -2.32. The lowest BCUT2D eigenvalue weighted by molar-refractivity contribution is 0.421. The molecule has 1 aromatic rings. The Hall–Kier alpha value is -0.540. The number of thioether (sulfide) groups is 1. The summed E-state index contributed by atoms with van der Waals surface area (Å²) < 4.78 is 13.4. The zero-order chi connectivity index (χ0) is 15.7. The van der Waals surface area contributed by atoms with Crippen molar-refractivity contribution in [1.29, 1.82) is 0 Å². The Morgan fingerprint density at radius 2 is 1.76 bits per heavy atom. The maximum atomic E-state index is 13.1. The Balaban J connectivity index is 2.76. The zero-order valence-corrected chi connectivity index (χ0v) is 14.7. The van der Waals surface area contributed by atoms with Crippen LogP contribution in [-0.4, -0.2) is 17.5 Å². The molecule has 1 N–H and O–H groups in total. The Morgan fingerprint density at radius 3 is 2.24 bits per heavy atom. The SMILES string of the molecule is CCCCC(NCC(CC)(CC)SC)c1ccc(F)cc1. The second-order valence-corrected chi connectivity index (χ2v) is 7.00. The number of hydrogen-bond donors (Lipinski definition) is 1. The summed E-state index contributed by atoms with van der Waals surface area (Å²) in [5.74, 6) is -0.159. The van der Waals surface area contributed by atoms with Gasteiger partial charge in [0.05, 0.1) is 0 Å². The largest absolute Gasteiger partial charge is 0.309 e. The molecule has 0 fully saturated rings. The second-order valence-electron chi connectivity index (χ2n) is 5.72. The molecule has 1 aromatic carbocycles. The van der Waals surface area contributed by atoms with Gasteiger partial charge in [-0.1, -0.05) is 45.7 Å². The molecule has 0 aliphatic carbocycles. The van der Waals surface area contributed by atoms with Crippen molar-refractivity contribution >= 4 is 11.8 Å². The fraction of sp³-hybridized carbons (Fsp3) is 0.667. The van der Waals surface area contributed by atoms with Crippen molar-refractivity contribution in [1.82, 2.24) is 5.32 Å². The molecule has 1 unspecified atom stereocenters. The number of hydrogen-bond acceptors (Lipinski definition) is 2. The summed E-state index contributed by atoms with van der Waals surface area (Å²) in [6, 6.07) is 7.30. The Kier molecular flexibility index (Phi) is 8.35. The molecule has 0 heterocycles. The average molecular weight is 312 g/mol. The minimum Gasteiger partial charge on any atom is -0.309 e.